The van der Waals surface area contributed by atoms with Gasteiger partial charge < -0.3 is 15.4 Å². The highest BCUT2D eigenvalue weighted by molar-refractivity contribution is 7.92. The van der Waals surface area contributed by atoms with Crippen molar-refractivity contribution >= 4 is 38.8 Å². The molecule has 0 aliphatic heterocycles. The summed E-state index contributed by atoms with van der Waals surface area (Å²) in [6, 6.07) is 9.12. The lowest BCUT2D eigenvalue weighted by Gasteiger charge is -2.11. The molecule has 0 aliphatic carbocycles. The van der Waals surface area contributed by atoms with Crippen LogP contribution >= 0.6 is 0 Å². The molecule has 2 aromatic rings. The summed E-state index contributed by atoms with van der Waals surface area (Å²) in [4.78, 5) is 22.3. The van der Waals surface area contributed by atoms with Gasteiger partial charge in [-0.15, -0.1) is 0 Å². The van der Waals surface area contributed by atoms with E-state index in [0.29, 0.717) is 11.4 Å². The van der Waals surface area contributed by atoms with Gasteiger partial charge in [0, 0.05) is 23.5 Å². The summed E-state index contributed by atoms with van der Waals surface area (Å²) in [5.41, 5.74) is 0.677. The third kappa shape index (κ3) is 5.34. The molecule has 2 rings (SSSR count). The van der Waals surface area contributed by atoms with E-state index in [4.69, 9.17) is 4.74 Å². The maximum atomic E-state index is 12.1. The van der Waals surface area contributed by atoms with Crippen molar-refractivity contribution in [1.29, 1.82) is 0 Å². The van der Waals surface area contributed by atoms with Gasteiger partial charge in [-0.05, 0) is 30.3 Å². The molecule has 11 heteroatoms. The zero-order valence-electron chi connectivity index (χ0n) is 13.8. The molecule has 0 saturated heterocycles. The van der Waals surface area contributed by atoms with E-state index in [2.05, 4.69) is 15.4 Å². The fraction of sp³-hybridized carbons (Fsp3) is 0.133. The van der Waals surface area contributed by atoms with Gasteiger partial charge in [0.1, 0.15) is 5.75 Å². The van der Waals surface area contributed by atoms with Crippen molar-refractivity contribution in [2.24, 2.45) is 0 Å². The number of methoxy groups -OCH3 is 1. The second-order valence-electron chi connectivity index (χ2n) is 5.17. The molecule has 0 spiro atoms. The van der Waals surface area contributed by atoms with E-state index >= 15 is 0 Å². The number of non-ortho nitro benzene ring substituents is 1. The lowest BCUT2D eigenvalue weighted by atomic mass is 10.2. The first-order valence-corrected chi connectivity index (χ1v) is 9.05. The average molecular weight is 380 g/mol. The molecule has 26 heavy (non-hydrogen) atoms. The first-order chi connectivity index (χ1) is 12.2. The van der Waals surface area contributed by atoms with Gasteiger partial charge in [-0.3, -0.25) is 14.8 Å². The van der Waals surface area contributed by atoms with Crippen LogP contribution in [0.5, 0.6) is 5.75 Å². The van der Waals surface area contributed by atoms with Gasteiger partial charge in [0.2, 0.25) is 10.0 Å². The van der Waals surface area contributed by atoms with Crippen molar-refractivity contribution in [2.45, 2.75) is 0 Å². The number of amides is 2. The molecule has 2 aromatic carbocycles. The zero-order chi connectivity index (χ0) is 19.3. The SMILES string of the molecule is COc1ccc([N+](=O)[O-])cc1NC(=O)Nc1ccc(NS(C)(=O)=O)cc1. The third-order valence-corrected chi connectivity index (χ3v) is 3.69. The molecular formula is C15H16N4O6S. The van der Waals surface area contributed by atoms with Gasteiger partial charge in [-0.25, -0.2) is 13.2 Å². The standard InChI is InChI=1S/C15H16N4O6S/c1-25-14-8-7-12(19(21)22)9-13(14)17-15(20)16-10-3-5-11(6-4-10)18-26(2,23)24/h3-9,18H,1-2H3,(H2,16,17,20). The molecule has 0 aliphatic rings. The minimum Gasteiger partial charge on any atom is -0.495 e. The number of nitro groups is 1. The smallest absolute Gasteiger partial charge is 0.323 e. The van der Waals surface area contributed by atoms with Crippen molar-refractivity contribution in [1.82, 2.24) is 0 Å². The quantitative estimate of drug-likeness (QED) is 0.520. The molecule has 0 unspecified atom stereocenters. The fourth-order valence-electron chi connectivity index (χ4n) is 2.03. The minimum atomic E-state index is -3.39. The van der Waals surface area contributed by atoms with E-state index in [0.717, 1.165) is 6.26 Å². The molecule has 10 nitrogen and oxygen atoms in total. The second kappa shape index (κ2) is 7.70. The number of benzene rings is 2. The molecule has 0 bridgehead atoms. The van der Waals surface area contributed by atoms with Crippen LogP contribution in [0.25, 0.3) is 0 Å². The van der Waals surface area contributed by atoms with Crippen LogP contribution in [0, 0.1) is 10.1 Å². The van der Waals surface area contributed by atoms with Gasteiger partial charge in [0.15, 0.2) is 0 Å². The largest absolute Gasteiger partial charge is 0.495 e. The normalized spacial score (nSPS) is 10.7. The Kier molecular flexibility index (Phi) is 5.62. The lowest BCUT2D eigenvalue weighted by Crippen LogP contribution is -2.20. The Hall–Kier alpha value is -3.34. The Morgan fingerprint density at radius 3 is 2.23 bits per heavy atom. The number of ether oxygens (including phenoxy) is 1. The van der Waals surface area contributed by atoms with Gasteiger partial charge >= 0.3 is 6.03 Å². The van der Waals surface area contributed by atoms with Gasteiger partial charge in [-0.1, -0.05) is 0 Å². The Morgan fingerprint density at radius 1 is 1.08 bits per heavy atom. The van der Waals surface area contributed by atoms with E-state index in [1.54, 1.807) is 0 Å². The predicted octanol–water partition coefficient (Wildman–Crippen LogP) is 2.62. The molecule has 0 heterocycles. The zero-order valence-corrected chi connectivity index (χ0v) is 14.7. The van der Waals surface area contributed by atoms with Gasteiger partial charge in [-0.2, -0.15) is 0 Å². The number of anilines is 3. The topological polar surface area (TPSA) is 140 Å². The number of nitrogens with zero attached hydrogens (tertiary/aromatic N) is 1. The third-order valence-electron chi connectivity index (χ3n) is 3.09. The van der Waals surface area contributed by atoms with Crippen molar-refractivity contribution in [2.75, 3.05) is 28.7 Å². The molecule has 0 aromatic heterocycles. The number of nitrogens with one attached hydrogen (secondary N) is 3. The molecule has 0 radical (unpaired) electrons. The number of carbonyl (C=O) groups is 1. The molecule has 0 atom stereocenters. The predicted molar refractivity (Wildman–Crippen MR) is 97.2 cm³/mol. The van der Waals surface area contributed by atoms with Crippen molar-refractivity contribution < 1.29 is 22.9 Å². The number of nitro benzene ring substituents is 1. The lowest BCUT2D eigenvalue weighted by molar-refractivity contribution is -0.384. The minimum absolute atomic E-state index is 0.134. The number of rotatable bonds is 6. The average Bonchev–Trinajstić information content (AvgIpc) is 2.55. The summed E-state index contributed by atoms with van der Waals surface area (Å²) in [7, 11) is -2.02. The number of sulfonamides is 1. The summed E-state index contributed by atoms with van der Waals surface area (Å²) >= 11 is 0. The second-order valence-corrected chi connectivity index (χ2v) is 6.92. The van der Waals surface area contributed by atoms with E-state index in [-0.39, 0.29) is 17.1 Å². The van der Waals surface area contributed by atoms with Crippen LogP contribution in [0.1, 0.15) is 0 Å². The summed E-state index contributed by atoms with van der Waals surface area (Å²) in [6.45, 7) is 0. The number of carbonyl (C=O) groups excluding carboxylic acids is 1. The maximum Gasteiger partial charge on any atom is 0.323 e. The summed E-state index contributed by atoms with van der Waals surface area (Å²) in [5.74, 6) is 0.262. The van der Waals surface area contributed by atoms with Crippen LogP contribution in [-0.4, -0.2) is 32.7 Å². The molecular weight excluding hydrogens is 364 g/mol. The van der Waals surface area contributed by atoms with Crippen molar-refractivity contribution in [3.63, 3.8) is 0 Å². The highest BCUT2D eigenvalue weighted by atomic mass is 32.2. The maximum absolute atomic E-state index is 12.1. The van der Waals surface area contributed by atoms with Crippen LogP contribution in [0.15, 0.2) is 42.5 Å². The summed E-state index contributed by atoms with van der Waals surface area (Å²) < 4.78 is 29.7. The molecule has 0 saturated carbocycles. The Labute approximate surface area is 149 Å². The van der Waals surface area contributed by atoms with Crippen molar-refractivity contribution in [3.8, 4) is 5.75 Å². The number of urea groups is 1. The van der Waals surface area contributed by atoms with E-state index in [9.17, 15) is 23.3 Å². The number of hydrogen-bond acceptors (Lipinski definition) is 6. The molecule has 138 valence electrons. The Bertz CT molecular complexity index is 928. The van der Waals surface area contributed by atoms with E-state index < -0.39 is 21.0 Å². The molecule has 3 N–H and O–H groups in total. The van der Waals surface area contributed by atoms with Crippen LogP contribution < -0.4 is 20.1 Å². The van der Waals surface area contributed by atoms with Crippen LogP contribution in [-0.2, 0) is 10.0 Å². The summed E-state index contributed by atoms with van der Waals surface area (Å²) in [6.07, 6.45) is 1.03. The van der Waals surface area contributed by atoms with Crippen LogP contribution in [0.2, 0.25) is 0 Å². The van der Waals surface area contributed by atoms with Gasteiger partial charge in [0.05, 0.1) is 24.0 Å². The molecule has 2 amide bonds. The summed E-state index contributed by atoms with van der Waals surface area (Å²) in [5, 5.41) is 15.8. The van der Waals surface area contributed by atoms with Crippen LogP contribution in [0.3, 0.4) is 0 Å². The highest BCUT2D eigenvalue weighted by Gasteiger charge is 2.14. The van der Waals surface area contributed by atoms with Crippen LogP contribution in [0.4, 0.5) is 27.5 Å². The Morgan fingerprint density at radius 2 is 1.69 bits per heavy atom. The van der Waals surface area contributed by atoms with E-state index in [1.807, 2.05) is 0 Å². The van der Waals surface area contributed by atoms with Gasteiger partial charge in [0.25, 0.3) is 5.69 Å². The first-order valence-electron chi connectivity index (χ1n) is 7.16. The Balaban J connectivity index is 2.09. The monoisotopic (exact) mass is 380 g/mol. The first kappa shape index (κ1) is 19.0. The van der Waals surface area contributed by atoms with Crippen molar-refractivity contribution in [3.05, 3.63) is 52.6 Å². The van der Waals surface area contributed by atoms with E-state index in [1.165, 1.54) is 49.6 Å². The highest BCUT2D eigenvalue weighted by Crippen LogP contribution is 2.29. The molecule has 0 fully saturated rings. The number of hydrogen-bond donors (Lipinski definition) is 3. The fourth-order valence-corrected chi connectivity index (χ4v) is 2.59.